The quantitative estimate of drug-likeness (QED) is 0.683. The molecule has 0 aromatic rings. The molecule has 2 saturated heterocycles. The number of nitrogens with one attached hydrogen (secondary N) is 2. The van der Waals surface area contributed by atoms with Crippen molar-refractivity contribution >= 4 is 17.8 Å². The summed E-state index contributed by atoms with van der Waals surface area (Å²) in [7, 11) is 3.39. The minimum atomic E-state index is -0.763. The van der Waals surface area contributed by atoms with Crippen molar-refractivity contribution < 1.29 is 14.4 Å². The van der Waals surface area contributed by atoms with Crippen LogP contribution in [-0.4, -0.2) is 66.9 Å². The topological polar surface area (TPSA) is 81.8 Å². The summed E-state index contributed by atoms with van der Waals surface area (Å²) in [6.45, 7) is 1.67. The molecule has 2 aliphatic heterocycles. The number of rotatable bonds is 4. The van der Waals surface area contributed by atoms with Gasteiger partial charge in [-0.05, 0) is 25.8 Å². The van der Waals surface area contributed by atoms with Crippen LogP contribution in [0.25, 0.3) is 0 Å². The van der Waals surface area contributed by atoms with E-state index < -0.39 is 5.54 Å². The third-order valence-corrected chi connectivity index (χ3v) is 3.90. The minimum Gasteiger partial charge on any atom is -0.349 e. The molecule has 1 atom stereocenters. The second kappa shape index (κ2) is 5.78. The lowest BCUT2D eigenvalue weighted by atomic mass is 9.90. The minimum absolute atomic E-state index is 0.00565. The van der Waals surface area contributed by atoms with E-state index in [4.69, 9.17) is 0 Å². The number of urea groups is 1. The summed E-state index contributed by atoms with van der Waals surface area (Å²) in [6, 6.07) is -0.337. The Morgan fingerprint density at radius 3 is 2.75 bits per heavy atom. The fraction of sp³-hybridized carbons (Fsp3) is 0.769. The maximum atomic E-state index is 12.4. The van der Waals surface area contributed by atoms with Crippen molar-refractivity contribution in [2.75, 3.05) is 33.7 Å². The predicted octanol–water partition coefficient (Wildman–Crippen LogP) is -0.471. The zero-order chi connectivity index (χ0) is 14.8. The lowest BCUT2D eigenvalue weighted by molar-refractivity contribution is -0.133. The van der Waals surface area contributed by atoms with E-state index in [-0.39, 0.29) is 17.8 Å². The van der Waals surface area contributed by atoms with Crippen LogP contribution < -0.4 is 10.6 Å². The molecule has 2 rings (SSSR count). The number of amides is 4. The summed E-state index contributed by atoms with van der Waals surface area (Å²) >= 11 is 0. The van der Waals surface area contributed by atoms with Crippen LogP contribution >= 0.6 is 0 Å². The Morgan fingerprint density at radius 2 is 2.15 bits per heavy atom. The van der Waals surface area contributed by atoms with Gasteiger partial charge in [0.15, 0.2) is 0 Å². The van der Waals surface area contributed by atoms with E-state index in [0.717, 1.165) is 13.0 Å². The summed E-state index contributed by atoms with van der Waals surface area (Å²) in [6.07, 6.45) is 2.39. The van der Waals surface area contributed by atoms with E-state index in [0.29, 0.717) is 32.4 Å². The SMILES string of the molecule is CN(C)C(=O)CCCN1C(=O)NC2(CCCNC2)C1=O. The van der Waals surface area contributed by atoms with Gasteiger partial charge >= 0.3 is 6.03 Å². The fourth-order valence-corrected chi connectivity index (χ4v) is 2.69. The highest BCUT2D eigenvalue weighted by atomic mass is 16.2. The van der Waals surface area contributed by atoms with Crippen LogP contribution in [0.1, 0.15) is 25.7 Å². The van der Waals surface area contributed by atoms with Crippen LogP contribution in [0.4, 0.5) is 4.79 Å². The molecule has 7 nitrogen and oxygen atoms in total. The third kappa shape index (κ3) is 2.77. The standard InChI is InChI=1S/C13H22N4O3/c1-16(2)10(18)5-3-8-17-11(19)13(15-12(17)20)6-4-7-14-9-13/h14H,3-9H2,1-2H3,(H,15,20). The summed E-state index contributed by atoms with van der Waals surface area (Å²) in [4.78, 5) is 38.6. The highest BCUT2D eigenvalue weighted by molar-refractivity contribution is 6.07. The first kappa shape index (κ1) is 14.8. The van der Waals surface area contributed by atoms with Crippen LogP contribution in [0, 0.1) is 0 Å². The summed E-state index contributed by atoms with van der Waals surface area (Å²) in [5.74, 6) is -0.155. The van der Waals surface area contributed by atoms with Crippen molar-refractivity contribution in [2.45, 2.75) is 31.2 Å². The van der Waals surface area contributed by atoms with Crippen molar-refractivity contribution in [3.05, 3.63) is 0 Å². The fourth-order valence-electron chi connectivity index (χ4n) is 2.69. The maximum absolute atomic E-state index is 12.4. The monoisotopic (exact) mass is 282 g/mol. The highest BCUT2D eigenvalue weighted by Gasteiger charge is 2.51. The molecule has 2 N–H and O–H groups in total. The third-order valence-electron chi connectivity index (χ3n) is 3.90. The molecule has 0 aromatic heterocycles. The molecule has 1 spiro atoms. The highest BCUT2D eigenvalue weighted by Crippen LogP contribution is 2.25. The Bertz CT molecular complexity index is 416. The summed E-state index contributed by atoms with van der Waals surface area (Å²) in [5, 5.41) is 5.96. The first-order valence-electron chi connectivity index (χ1n) is 7.01. The number of hydrogen-bond acceptors (Lipinski definition) is 4. The zero-order valence-electron chi connectivity index (χ0n) is 12.1. The Labute approximate surface area is 118 Å². The molecule has 0 bridgehead atoms. The first-order chi connectivity index (χ1) is 9.46. The van der Waals surface area contributed by atoms with E-state index in [1.54, 1.807) is 14.1 Å². The van der Waals surface area contributed by atoms with Crippen molar-refractivity contribution in [2.24, 2.45) is 0 Å². The summed E-state index contributed by atoms with van der Waals surface area (Å²) < 4.78 is 0. The number of carbonyl (C=O) groups excluding carboxylic acids is 3. The molecular weight excluding hydrogens is 260 g/mol. The van der Waals surface area contributed by atoms with Gasteiger partial charge in [0.1, 0.15) is 5.54 Å². The number of nitrogens with zero attached hydrogens (tertiary/aromatic N) is 2. The smallest absolute Gasteiger partial charge is 0.325 e. The summed E-state index contributed by atoms with van der Waals surface area (Å²) in [5.41, 5.74) is -0.763. The molecule has 112 valence electrons. The van der Waals surface area contributed by atoms with Gasteiger partial charge in [0.05, 0.1) is 0 Å². The lowest BCUT2D eigenvalue weighted by Gasteiger charge is -2.31. The molecular formula is C13H22N4O3. The maximum Gasteiger partial charge on any atom is 0.325 e. The van der Waals surface area contributed by atoms with Gasteiger partial charge in [-0.1, -0.05) is 0 Å². The lowest BCUT2D eigenvalue weighted by Crippen LogP contribution is -2.57. The van der Waals surface area contributed by atoms with Gasteiger partial charge in [0.2, 0.25) is 5.91 Å². The number of carbonyl (C=O) groups is 3. The largest absolute Gasteiger partial charge is 0.349 e. The second-order valence-corrected chi connectivity index (χ2v) is 5.64. The van der Waals surface area contributed by atoms with Gasteiger partial charge < -0.3 is 15.5 Å². The second-order valence-electron chi connectivity index (χ2n) is 5.64. The van der Waals surface area contributed by atoms with Gasteiger partial charge in [-0.15, -0.1) is 0 Å². The molecule has 2 heterocycles. The Morgan fingerprint density at radius 1 is 1.40 bits per heavy atom. The van der Waals surface area contributed by atoms with Crippen molar-refractivity contribution in [1.82, 2.24) is 20.4 Å². The molecule has 0 aromatic carbocycles. The molecule has 0 saturated carbocycles. The van der Waals surface area contributed by atoms with E-state index >= 15 is 0 Å². The van der Waals surface area contributed by atoms with Crippen LogP contribution in [0.3, 0.4) is 0 Å². The van der Waals surface area contributed by atoms with Gasteiger partial charge in [-0.25, -0.2) is 4.79 Å². The van der Waals surface area contributed by atoms with Crippen LogP contribution in [0.5, 0.6) is 0 Å². The number of imide groups is 1. The Balaban J connectivity index is 1.91. The van der Waals surface area contributed by atoms with Crippen molar-refractivity contribution in [1.29, 1.82) is 0 Å². The van der Waals surface area contributed by atoms with Crippen LogP contribution in [0.15, 0.2) is 0 Å². The Kier molecular flexibility index (Phi) is 4.27. The molecule has 0 aliphatic carbocycles. The predicted molar refractivity (Wildman–Crippen MR) is 73.0 cm³/mol. The van der Waals surface area contributed by atoms with E-state index in [2.05, 4.69) is 10.6 Å². The Hall–Kier alpha value is -1.63. The van der Waals surface area contributed by atoms with Crippen molar-refractivity contribution in [3.63, 3.8) is 0 Å². The zero-order valence-corrected chi connectivity index (χ0v) is 12.1. The van der Waals surface area contributed by atoms with Gasteiger partial charge in [0.25, 0.3) is 5.91 Å². The molecule has 7 heteroatoms. The molecule has 20 heavy (non-hydrogen) atoms. The van der Waals surface area contributed by atoms with E-state index in [1.807, 2.05) is 0 Å². The van der Waals surface area contributed by atoms with Gasteiger partial charge in [-0.3, -0.25) is 14.5 Å². The number of hydrogen-bond donors (Lipinski definition) is 2. The molecule has 4 amide bonds. The van der Waals surface area contributed by atoms with E-state index in [9.17, 15) is 14.4 Å². The first-order valence-corrected chi connectivity index (χ1v) is 7.01. The molecule has 2 aliphatic rings. The average Bonchev–Trinajstić information content (AvgIpc) is 2.63. The molecule has 1 unspecified atom stereocenters. The van der Waals surface area contributed by atoms with Gasteiger partial charge in [-0.2, -0.15) is 0 Å². The molecule has 2 fully saturated rings. The van der Waals surface area contributed by atoms with E-state index in [1.165, 1.54) is 9.80 Å². The molecule has 0 radical (unpaired) electrons. The van der Waals surface area contributed by atoms with Crippen molar-refractivity contribution in [3.8, 4) is 0 Å². The van der Waals surface area contributed by atoms with Crippen LogP contribution in [0.2, 0.25) is 0 Å². The van der Waals surface area contributed by atoms with Gasteiger partial charge in [0, 0.05) is 33.6 Å². The van der Waals surface area contributed by atoms with Crippen LogP contribution in [-0.2, 0) is 9.59 Å². The number of piperidine rings is 1. The normalized spacial score (nSPS) is 26.0. The average molecular weight is 282 g/mol.